The van der Waals surface area contributed by atoms with E-state index in [1.54, 1.807) is 0 Å². The van der Waals surface area contributed by atoms with Crippen LogP contribution in [0.5, 0.6) is 0 Å². The van der Waals surface area contributed by atoms with Crippen LogP contribution < -0.4 is 5.73 Å². The van der Waals surface area contributed by atoms with Crippen molar-refractivity contribution in [2.45, 2.75) is 58.0 Å². The summed E-state index contributed by atoms with van der Waals surface area (Å²) in [4.78, 5) is 15.3. The predicted octanol–water partition coefficient (Wildman–Crippen LogP) is 4.92. The van der Waals surface area contributed by atoms with Gasteiger partial charge in [-0.2, -0.15) is 0 Å². The lowest BCUT2D eigenvalue weighted by Gasteiger charge is -2.45. The molecule has 4 rings (SSSR count). The molecule has 2 bridgehead atoms. The van der Waals surface area contributed by atoms with Crippen LogP contribution in [0.3, 0.4) is 0 Å². The van der Waals surface area contributed by atoms with Crippen LogP contribution in [-0.4, -0.2) is 23.4 Å². The summed E-state index contributed by atoms with van der Waals surface area (Å²) in [5.41, 5.74) is 7.29. The third kappa shape index (κ3) is 3.74. The first kappa shape index (κ1) is 20.2. The SMILES string of the molecule is CCN(C(=O)C1CC2CCCC(C1)C2N)C(C)c1cc2ccccc2o1.Cl. The fraction of sp³-hybridized carbons (Fsp3) is 0.591. The third-order valence-corrected chi connectivity index (χ3v) is 6.71. The van der Waals surface area contributed by atoms with E-state index in [0.29, 0.717) is 24.4 Å². The molecule has 2 saturated carbocycles. The number of nitrogens with zero attached hydrogens (tertiary/aromatic N) is 1. The van der Waals surface area contributed by atoms with Gasteiger partial charge in [-0.05, 0) is 63.5 Å². The summed E-state index contributed by atoms with van der Waals surface area (Å²) >= 11 is 0. The second kappa shape index (κ2) is 8.24. The van der Waals surface area contributed by atoms with Gasteiger partial charge in [0.25, 0.3) is 0 Å². The Morgan fingerprint density at radius 3 is 2.56 bits per heavy atom. The number of benzene rings is 1. The minimum absolute atomic E-state index is 0. The molecule has 2 N–H and O–H groups in total. The molecular formula is C22H31ClN2O2. The Morgan fingerprint density at radius 2 is 1.93 bits per heavy atom. The average Bonchev–Trinajstić information content (AvgIpc) is 3.06. The van der Waals surface area contributed by atoms with E-state index in [2.05, 4.69) is 26.0 Å². The topological polar surface area (TPSA) is 59.5 Å². The summed E-state index contributed by atoms with van der Waals surface area (Å²) in [5, 5.41) is 1.09. The predicted molar refractivity (Wildman–Crippen MR) is 111 cm³/mol. The van der Waals surface area contributed by atoms with Crippen LogP contribution in [0.15, 0.2) is 34.7 Å². The molecule has 1 amide bonds. The van der Waals surface area contributed by atoms with Gasteiger partial charge < -0.3 is 15.1 Å². The number of hydrogen-bond acceptors (Lipinski definition) is 3. The van der Waals surface area contributed by atoms with Crippen molar-refractivity contribution in [2.75, 3.05) is 6.54 Å². The highest BCUT2D eigenvalue weighted by molar-refractivity contribution is 5.85. The van der Waals surface area contributed by atoms with Crippen LogP contribution in [0, 0.1) is 17.8 Å². The number of rotatable bonds is 4. The van der Waals surface area contributed by atoms with Gasteiger partial charge in [-0.15, -0.1) is 12.4 Å². The van der Waals surface area contributed by atoms with Gasteiger partial charge in [-0.3, -0.25) is 4.79 Å². The molecule has 2 aromatic rings. The fourth-order valence-electron chi connectivity index (χ4n) is 5.21. The highest BCUT2D eigenvalue weighted by Gasteiger charge is 2.42. The zero-order chi connectivity index (χ0) is 18.3. The maximum Gasteiger partial charge on any atom is 0.226 e. The van der Waals surface area contributed by atoms with Crippen molar-refractivity contribution in [1.29, 1.82) is 0 Å². The highest BCUT2D eigenvalue weighted by Crippen LogP contribution is 2.43. The van der Waals surface area contributed by atoms with Crippen molar-refractivity contribution < 1.29 is 9.21 Å². The van der Waals surface area contributed by atoms with E-state index in [9.17, 15) is 4.79 Å². The lowest BCUT2D eigenvalue weighted by atomic mass is 9.65. The molecule has 1 heterocycles. The molecule has 2 aliphatic carbocycles. The maximum absolute atomic E-state index is 13.3. The van der Waals surface area contributed by atoms with Crippen molar-refractivity contribution in [3.8, 4) is 0 Å². The minimum atomic E-state index is -0.0460. The molecule has 3 unspecified atom stereocenters. The monoisotopic (exact) mass is 390 g/mol. The Labute approximate surface area is 167 Å². The molecule has 0 radical (unpaired) electrons. The molecule has 2 fully saturated rings. The van der Waals surface area contributed by atoms with Crippen molar-refractivity contribution in [3.63, 3.8) is 0 Å². The summed E-state index contributed by atoms with van der Waals surface area (Å²) in [5.74, 6) is 2.32. The minimum Gasteiger partial charge on any atom is -0.459 e. The van der Waals surface area contributed by atoms with Gasteiger partial charge in [0.05, 0.1) is 6.04 Å². The van der Waals surface area contributed by atoms with Crippen LogP contribution in [0.4, 0.5) is 0 Å². The van der Waals surface area contributed by atoms with Crippen LogP contribution in [-0.2, 0) is 4.79 Å². The Bertz CT molecular complexity index is 742. The van der Waals surface area contributed by atoms with Crippen LogP contribution in [0.2, 0.25) is 0 Å². The van der Waals surface area contributed by atoms with Crippen molar-refractivity contribution >= 4 is 29.3 Å². The molecule has 1 aromatic carbocycles. The molecule has 0 spiro atoms. The zero-order valence-corrected chi connectivity index (χ0v) is 17.1. The first-order valence-corrected chi connectivity index (χ1v) is 10.1. The number of halogens is 1. The summed E-state index contributed by atoms with van der Waals surface area (Å²) in [7, 11) is 0. The number of para-hydroxylation sites is 1. The smallest absolute Gasteiger partial charge is 0.226 e. The number of nitrogens with two attached hydrogens (primary N) is 1. The van der Waals surface area contributed by atoms with Crippen LogP contribution in [0.25, 0.3) is 11.0 Å². The molecule has 3 atom stereocenters. The lowest BCUT2D eigenvalue weighted by Crippen LogP contribution is -2.50. The van der Waals surface area contributed by atoms with E-state index in [-0.39, 0.29) is 30.3 Å². The molecule has 5 heteroatoms. The van der Waals surface area contributed by atoms with E-state index in [4.69, 9.17) is 10.2 Å². The Balaban J connectivity index is 0.00000210. The largest absolute Gasteiger partial charge is 0.459 e. The molecule has 27 heavy (non-hydrogen) atoms. The number of carbonyl (C=O) groups is 1. The van der Waals surface area contributed by atoms with E-state index < -0.39 is 0 Å². The second-order valence-electron chi connectivity index (χ2n) is 8.18. The summed E-state index contributed by atoms with van der Waals surface area (Å²) < 4.78 is 6.03. The summed E-state index contributed by atoms with van der Waals surface area (Å²) in [6.45, 7) is 4.84. The summed E-state index contributed by atoms with van der Waals surface area (Å²) in [6.07, 6.45) is 5.57. The van der Waals surface area contributed by atoms with Gasteiger partial charge in [0, 0.05) is 23.9 Å². The zero-order valence-electron chi connectivity index (χ0n) is 16.3. The van der Waals surface area contributed by atoms with Gasteiger partial charge in [0.1, 0.15) is 11.3 Å². The number of hydrogen-bond donors (Lipinski definition) is 1. The molecule has 1 aromatic heterocycles. The van der Waals surface area contributed by atoms with Gasteiger partial charge in [0.15, 0.2) is 0 Å². The number of furan rings is 1. The Kier molecular flexibility index (Phi) is 6.17. The first-order chi connectivity index (χ1) is 12.6. The average molecular weight is 391 g/mol. The third-order valence-electron chi connectivity index (χ3n) is 6.71. The molecule has 4 nitrogen and oxygen atoms in total. The number of carbonyl (C=O) groups excluding carboxylic acids is 1. The molecular weight excluding hydrogens is 360 g/mol. The van der Waals surface area contributed by atoms with Gasteiger partial charge in [-0.1, -0.05) is 24.6 Å². The molecule has 148 valence electrons. The number of amides is 1. The fourth-order valence-corrected chi connectivity index (χ4v) is 5.21. The van der Waals surface area contributed by atoms with Crippen molar-refractivity contribution in [2.24, 2.45) is 23.5 Å². The van der Waals surface area contributed by atoms with Gasteiger partial charge >= 0.3 is 0 Å². The Morgan fingerprint density at radius 1 is 1.26 bits per heavy atom. The number of fused-ring (bicyclic) bond motifs is 3. The highest BCUT2D eigenvalue weighted by atomic mass is 35.5. The molecule has 0 aliphatic heterocycles. The first-order valence-electron chi connectivity index (χ1n) is 10.1. The van der Waals surface area contributed by atoms with Crippen molar-refractivity contribution in [1.82, 2.24) is 4.90 Å². The van der Waals surface area contributed by atoms with Gasteiger partial charge in [-0.25, -0.2) is 0 Å². The van der Waals surface area contributed by atoms with E-state index in [1.807, 2.05) is 23.1 Å². The molecule has 0 saturated heterocycles. The molecule has 2 aliphatic rings. The van der Waals surface area contributed by atoms with E-state index in [0.717, 1.165) is 29.6 Å². The second-order valence-corrected chi connectivity index (χ2v) is 8.18. The van der Waals surface area contributed by atoms with Gasteiger partial charge in [0.2, 0.25) is 5.91 Å². The van der Waals surface area contributed by atoms with E-state index in [1.165, 1.54) is 19.3 Å². The van der Waals surface area contributed by atoms with Crippen molar-refractivity contribution in [3.05, 3.63) is 36.1 Å². The lowest BCUT2D eigenvalue weighted by molar-refractivity contribution is -0.141. The summed E-state index contributed by atoms with van der Waals surface area (Å²) in [6, 6.07) is 10.4. The normalized spacial score (nSPS) is 28.4. The Hall–Kier alpha value is -1.52. The van der Waals surface area contributed by atoms with E-state index >= 15 is 0 Å². The quantitative estimate of drug-likeness (QED) is 0.806. The van der Waals surface area contributed by atoms with Crippen LogP contribution in [0.1, 0.15) is 57.8 Å². The maximum atomic E-state index is 13.3. The van der Waals surface area contributed by atoms with Crippen LogP contribution >= 0.6 is 12.4 Å². The standard InChI is InChI=1S/C22H30N2O2.ClH/c1-3-24(14(2)20-13-15-7-4-5-10-19(15)26-20)22(25)18-11-16-8-6-9-17(12-18)21(16)23;/h4-5,7,10,13-14,16-18,21H,3,6,8-9,11-12,23H2,1-2H3;1H.